The van der Waals surface area contributed by atoms with Gasteiger partial charge in [0.25, 0.3) is 0 Å². The van der Waals surface area contributed by atoms with Gasteiger partial charge in [-0.05, 0) is 30.4 Å². The summed E-state index contributed by atoms with van der Waals surface area (Å²) in [5.41, 5.74) is 2.71. The summed E-state index contributed by atoms with van der Waals surface area (Å²) >= 11 is 0. The molecule has 0 saturated heterocycles. The van der Waals surface area contributed by atoms with E-state index in [-0.39, 0.29) is 0 Å². The van der Waals surface area contributed by atoms with Gasteiger partial charge in [0, 0.05) is 0 Å². The van der Waals surface area contributed by atoms with Crippen LogP contribution in [0.5, 0.6) is 0 Å². The summed E-state index contributed by atoms with van der Waals surface area (Å²) in [4.78, 5) is 0. The lowest BCUT2D eigenvalue weighted by molar-refractivity contribution is 0.978. The second kappa shape index (κ2) is 4.76. The molecule has 1 aliphatic carbocycles. The van der Waals surface area contributed by atoms with E-state index in [4.69, 9.17) is 0 Å². The first kappa shape index (κ1) is 9.05. The molecule has 0 atom stereocenters. The Bertz CT molecular complexity index is 239. The Morgan fingerprint density at radius 2 is 2.42 bits per heavy atom. The highest BCUT2D eigenvalue weighted by Crippen LogP contribution is 2.20. The molecule has 64 valence electrons. The molecule has 0 bridgehead atoms. The quantitative estimate of drug-likeness (QED) is 0.589. The van der Waals surface area contributed by atoms with Crippen molar-refractivity contribution in [2.75, 3.05) is 0 Å². The van der Waals surface area contributed by atoms with E-state index in [1.54, 1.807) is 0 Å². The molecule has 12 heavy (non-hydrogen) atoms. The minimum absolute atomic E-state index is 1.10. The lowest BCUT2D eigenvalue weighted by atomic mass is 9.97. The zero-order valence-electron chi connectivity index (χ0n) is 7.72. The third-order valence-electron chi connectivity index (χ3n) is 2.03. The van der Waals surface area contributed by atoms with E-state index in [0.717, 1.165) is 19.3 Å². The van der Waals surface area contributed by atoms with Gasteiger partial charge in [0.1, 0.15) is 0 Å². The molecule has 0 amide bonds. The van der Waals surface area contributed by atoms with Crippen LogP contribution in [-0.2, 0) is 0 Å². The maximum atomic E-state index is 3.82. The zero-order chi connectivity index (χ0) is 8.81. The molecule has 1 aliphatic rings. The van der Waals surface area contributed by atoms with E-state index in [2.05, 4.69) is 37.8 Å². The van der Waals surface area contributed by atoms with E-state index in [1.165, 1.54) is 11.1 Å². The number of hydrogen-bond donors (Lipinski definition) is 0. The maximum Gasteiger partial charge on any atom is -0.0231 e. The van der Waals surface area contributed by atoms with Crippen LogP contribution in [0.15, 0.2) is 48.1 Å². The summed E-state index contributed by atoms with van der Waals surface area (Å²) in [5.74, 6) is 0. The Morgan fingerprint density at radius 3 is 3.08 bits per heavy atom. The lowest BCUT2D eigenvalue weighted by Gasteiger charge is -2.08. The molecule has 0 nitrogen and oxygen atoms in total. The molecule has 0 fully saturated rings. The second-order valence-electron chi connectivity index (χ2n) is 2.94. The summed E-state index contributed by atoms with van der Waals surface area (Å²) in [6, 6.07) is 0. The third-order valence-corrected chi connectivity index (χ3v) is 2.03. The number of hydrogen-bond acceptors (Lipinski definition) is 0. The predicted molar refractivity (Wildman–Crippen MR) is 55.0 cm³/mol. The Morgan fingerprint density at radius 1 is 1.58 bits per heavy atom. The van der Waals surface area contributed by atoms with Crippen molar-refractivity contribution in [2.45, 2.75) is 26.2 Å². The highest BCUT2D eigenvalue weighted by Gasteiger charge is 2.01. The lowest BCUT2D eigenvalue weighted by Crippen LogP contribution is -1.89. The van der Waals surface area contributed by atoms with Gasteiger partial charge >= 0.3 is 0 Å². The largest absolute Gasteiger partial charge is 0.0988 e. The van der Waals surface area contributed by atoms with Crippen LogP contribution in [0.3, 0.4) is 0 Å². The molecule has 1 rings (SSSR count). The predicted octanol–water partition coefficient (Wildman–Crippen LogP) is 3.79. The summed E-state index contributed by atoms with van der Waals surface area (Å²) in [6.07, 6.45) is 14.2. The van der Waals surface area contributed by atoms with Gasteiger partial charge < -0.3 is 0 Å². The van der Waals surface area contributed by atoms with E-state index >= 15 is 0 Å². The van der Waals surface area contributed by atoms with Crippen LogP contribution in [0.4, 0.5) is 0 Å². The molecule has 0 N–H and O–H groups in total. The van der Waals surface area contributed by atoms with Crippen molar-refractivity contribution >= 4 is 0 Å². The summed E-state index contributed by atoms with van der Waals surface area (Å²) < 4.78 is 0. The second-order valence-corrected chi connectivity index (χ2v) is 2.94. The highest BCUT2D eigenvalue weighted by atomic mass is 14.1. The van der Waals surface area contributed by atoms with E-state index in [0.29, 0.717) is 0 Å². The Hall–Kier alpha value is -1.04. The van der Waals surface area contributed by atoms with Crippen LogP contribution in [0.2, 0.25) is 0 Å². The molecule has 0 radical (unpaired) electrons. The molecule has 0 unspecified atom stereocenters. The Balaban J connectivity index is 2.81. The molecule has 0 spiro atoms. The van der Waals surface area contributed by atoms with Gasteiger partial charge in [-0.25, -0.2) is 0 Å². The maximum absolute atomic E-state index is 3.82. The number of rotatable bonds is 3. The first-order valence-corrected chi connectivity index (χ1v) is 4.57. The molecule has 0 saturated carbocycles. The van der Waals surface area contributed by atoms with Gasteiger partial charge in [0.05, 0.1) is 0 Å². The first-order chi connectivity index (χ1) is 5.88. The molecule has 0 aromatic rings. The number of allylic oxidation sites excluding steroid dienone is 7. The average Bonchev–Trinajstić information content (AvgIpc) is 2.15. The molecule has 0 aliphatic heterocycles. The summed E-state index contributed by atoms with van der Waals surface area (Å²) in [6.45, 7) is 5.97. The molecule has 0 heterocycles. The zero-order valence-corrected chi connectivity index (χ0v) is 7.72. The van der Waals surface area contributed by atoms with Crippen molar-refractivity contribution in [1.82, 2.24) is 0 Å². The fraction of sp³-hybridized carbons (Fsp3) is 0.333. The first-order valence-electron chi connectivity index (χ1n) is 4.57. The molecular weight excluding hydrogens is 144 g/mol. The fourth-order valence-corrected chi connectivity index (χ4v) is 1.33. The van der Waals surface area contributed by atoms with Crippen molar-refractivity contribution in [3.63, 3.8) is 0 Å². The fourth-order valence-electron chi connectivity index (χ4n) is 1.33. The summed E-state index contributed by atoms with van der Waals surface area (Å²) in [7, 11) is 0. The van der Waals surface area contributed by atoms with Crippen molar-refractivity contribution in [3.05, 3.63) is 48.1 Å². The van der Waals surface area contributed by atoms with Crippen molar-refractivity contribution < 1.29 is 0 Å². The van der Waals surface area contributed by atoms with Gasteiger partial charge in [-0.3, -0.25) is 0 Å². The minimum Gasteiger partial charge on any atom is -0.0988 e. The Labute approximate surface area is 75.0 Å². The highest BCUT2D eigenvalue weighted by molar-refractivity contribution is 5.42. The SMILES string of the molecule is C=CC1=C(/C=C\CC)C=CCC1. The molecule has 0 aromatic heterocycles. The van der Waals surface area contributed by atoms with Gasteiger partial charge in [-0.1, -0.05) is 43.9 Å². The standard InChI is InChI=1S/C12H16/c1-3-5-8-12-10-7-6-9-11(12)4-2/h4-5,7-8,10H,2-3,6,9H2,1H3/b8-5-. The van der Waals surface area contributed by atoms with Crippen molar-refractivity contribution in [2.24, 2.45) is 0 Å². The summed E-state index contributed by atoms with van der Waals surface area (Å²) in [5, 5.41) is 0. The normalized spacial score (nSPS) is 17.4. The third kappa shape index (κ3) is 2.23. The van der Waals surface area contributed by atoms with E-state index in [1.807, 2.05) is 6.08 Å². The van der Waals surface area contributed by atoms with Crippen LogP contribution in [0.1, 0.15) is 26.2 Å². The molecular formula is C12H16. The van der Waals surface area contributed by atoms with Crippen LogP contribution < -0.4 is 0 Å². The molecule has 0 heteroatoms. The van der Waals surface area contributed by atoms with E-state index in [9.17, 15) is 0 Å². The minimum atomic E-state index is 1.10. The van der Waals surface area contributed by atoms with Gasteiger partial charge in [-0.15, -0.1) is 0 Å². The van der Waals surface area contributed by atoms with Crippen LogP contribution in [0, 0.1) is 0 Å². The van der Waals surface area contributed by atoms with Gasteiger partial charge in [-0.2, -0.15) is 0 Å². The van der Waals surface area contributed by atoms with Crippen LogP contribution in [0.25, 0.3) is 0 Å². The smallest absolute Gasteiger partial charge is 0.0231 e. The topological polar surface area (TPSA) is 0 Å². The van der Waals surface area contributed by atoms with E-state index < -0.39 is 0 Å². The van der Waals surface area contributed by atoms with Crippen LogP contribution in [-0.4, -0.2) is 0 Å². The average molecular weight is 160 g/mol. The molecule has 0 aromatic carbocycles. The Kier molecular flexibility index (Phi) is 3.59. The van der Waals surface area contributed by atoms with Crippen LogP contribution >= 0.6 is 0 Å². The monoisotopic (exact) mass is 160 g/mol. The van der Waals surface area contributed by atoms with Gasteiger partial charge in [0.2, 0.25) is 0 Å². The van der Waals surface area contributed by atoms with Gasteiger partial charge in [0.15, 0.2) is 0 Å². The van der Waals surface area contributed by atoms with Crippen molar-refractivity contribution in [3.8, 4) is 0 Å². The van der Waals surface area contributed by atoms with Crippen molar-refractivity contribution in [1.29, 1.82) is 0 Å².